The van der Waals surface area contributed by atoms with E-state index in [1.807, 2.05) is 18.2 Å². The van der Waals surface area contributed by atoms with Gasteiger partial charge in [-0.2, -0.15) is 0 Å². The zero-order valence-electron chi connectivity index (χ0n) is 11.4. The molecule has 106 valence electrons. The Bertz CT molecular complexity index is 780. The molecule has 0 aliphatic rings. The third-order valence-corrected chi connectivity index (χ3v) is 4.92. The molecule has 0 fully saturated rings. The molecule has 2 N–H and O–H groups in total. The van der Waals surface area contributed by atoms with Crippen molar-refractivity contribution in [2.75, 3.05) is 0 Å². The average molecular weight is 361 g/mol. The highest BCUT2D eigenvalue weighted by Crippen LogP contribution is 2.28. The summed E-state index contributed by atoms with van der Waals surface area (Å²) in [7, 11) is 0. The van der Waals surface area contributed by atoms with E-state index < -0.39 is 0 Å². The fraction of sp³-hybridized carbons (Fsp3) is 0.111. The van der Waals surface area contributed by atoms with Gasteiger partial charge in [0.1, 0.15) is 0 Å². The van der Waals surface area contributed by atoms with Crippen LogP contribution < -0.4 is 5.73 Å². The van der Waals surface area contributed by atoms with Gasteiger partial charge in [-0.3, -0.25) is 0 Å². The SMILES string of the molecule is NC(Cc1cccc2ccccc12)c1ccc(Br)c(Cl)c1. The molecule has 3 aromatic carbocycles. The number of hydrogen-bond donors (Lipinski definition) is 1. The molecule has 0 bridgehead atoms. The molecular formula is C18H15BrClN. The van der Waals surface area contributed by atoms with E-state index in [2.05, 4.69) is 58.4 Å². The lowest BCUT2D eigenvalue weighted by Crippen LogP contribution is -2.13. The highest BCUT2D eigenvalue weighted by Gasteiger charge is 2.10. The summed E-state index contributed by atoms with van der Waals surface area (Å²) >= 11 is 9.56. The van der Waals surface area contributed by atoms with E-state index in [1.54, 1.807) is 0 Å². The van der Waals surface area contributed by atoms with Gasteiger partial charge in [-0.05, 0) is 56.4 Å². The molecule has 0 aliphatic heterocycles. The second kappa shape index (κ2) is 6.18. The van der Waals surface area contributed by atoms with Crippen molar-refractivity contribution in [3.63, 3.8) is 0 Å². The summed E-state index contributed by atoms with van der Waals surface area (Å²) in [5.74, 6) is 0. The molecule has 3 aromatic rings. The Balaban J connectivity index is 1.92. The molecule has 3 heteroatoms. The van der Waals surface area contributed by atoms with Crippen LogP contribution in [0.4, 0.5) is 0 Å². The second-order valence-electron chi connectivity index (χ2n) is 5.12. The molecule has 0 aromatic heterocycles. The monoisotopic (exact) mass is 359 g/mol. The van der Waals surface area contributed by atoms with E-state index in [0.29, 0.717) is 5.02 Å². The standard InChI is InChI=1S/C18H15BrClN/c19-16-9-8-14(10-17(16)20)18(21)11-13-6-3-5-12-4-1-2-7-15(12)13/h1-10,18H,11,21H2. The topological polar surface area (TPSA) is 26.0 Å². The molecular weight excluding hydrogens is 346 g/mol. The van der Waals surface area contributed by atoms with E-state index in [9.17, 15) is 0 Å². The summed E-state index contributed by atoms with van der Waals surface area (Å²) in [4.78, 5) is 0. The van der Waals surface area contributed by atoms with Crippen LogP contribution in [0.25, 0.3) is 10.8 Å². The molecule has 0 spiro atoms. The van der Waals surface area contributed by atoms with Crippen molar-refractivity contribution in [3.8, 4) is 0 Å². The molecule has 1 nitrogen and oxygen atoms in total. The maximum atomic E-state index is 6.36. The van der Waals surface area contributed by atoms with Crippen molar-refractivity contribution < 1.29 is 0 Å². The number of benzene rings is 3. The molecule has 0 saturated carbocycles. The lowest BCUT2D eigenvalue weighted by Gasteiger charge is -2.14. The van der Waals surface area contributed by atoms with Crippen LogP contribution in [0.2, 0.25) is 5.02 Å². The maximum Gasteiger partial charge on any atom is 0.0551 e. The Labute approximate surface area is 137 Å². The Morgan fingerprint density at radius 3 is 2.57 bits per heavy atom. The minimum absolute atomic E-state index is 0.0681. The third kappa shape index (κ3) is 3.13. The van der Waals surface area contributed by atoms with Gasteiger partial charge in [-0.15, -0.1) is 0 Å². The minimum atomic E-state index is -0.0681. The van der Waals surface area contributed by atoms with Gasteiger partial charge in [0.2, 0.25) is 0 Å². The van der Waals surface area contributed by atoms with Crippen molar-refractivity contribution in [1.29, 1.82) is 0 Å². The molecule has 0 aliphatic carbocycles. The zero-order chi connectivity index (χ0) is 14.8. The third-order valence-electron chi connectivity index (χ3n) is 3.69. The summed E-state index contributed by atoms with van der Waals surface area (Å²) in [6.45, 7) is 0. The van der Waals surface area contributed by atoms with Crippen LogP contribution in [0.15, 0.2) is 65.1 Å². The van der Waals surface area contributed by atoms with E-state index in [-0.39, 0.29) is 6.04 Å². The first kappa shape index (κ1) is 14.6. The van der Waals surface area contributed by atoms with E-state index >= 15 is 0 Å². The first-order chi connectivity index (χ1) is 10.1. The maximum absolute atomic E-state index is 6.36. The number of fused-ring (bicyclic) bond motifs is 1. The predicted molar refractivity (Wildman–Crippen MR) is 93.7 cm³/mol. The fourth-order valence-electron chi connectivity index (χ4n) is 2.57. The molecule has 0 heterocycles. The Hall–Kier alpha value is -1.35. The van der Waals surface area contributed by atoms with Crippen molar-refractivity contribution in [2.45, 2.75) is 12.5 Å². The van der Waals surface area contributed by atoms with Gasteiger partial charge in [0.05, 0.1) is 5.02 Å². The Morgan fingerprint density at radius 2 is 1.76 bits per heavy atom. The van der Waals surface area contributed by atoms with E-state index in [4.69, 9.17) is 17.3 Å². The van der Waals surface area contributed by atoms with Crippen LogP contribution >= 0.6 is 27.5 Å². The highest BCUT2D eigenvalue weighted by molar-refractivity contribution is 9.10. The number of hydrogen-bond acceptors (Lipinski definition) is 1. The van der Waals surface area contributed by atoms with Gasteiger partial charge in [-0.25, -0.2) is 0 Å². The van der Waals surface area contributed by atoms with Gasteiger partial charge < -0.3 is 5.73 Å². The van der Waals surface area contributed by atoms with Gasteiger partial charge in [0.25, 0.3) is 0 Å². The van der Waals surface area contributed by atoms with Gasteiger partial charge in [-0.1, -0.05) is 60.1 Å². The van der Waals surface area contributed by atoms with Crippen LogP contribution in [0.5, 0.6) is 0 Å². The van der Waals surface area contributed by atoms with Crippen molar-refractivity contribution in [1.82, 2.24) is 0 Å². The lowest BCUT2D eigenvalue weighted by molar-refractivity contribution is 0.725. The van der Waals surface area contributed by atoms with Gasteiger partial charge in [0, 0.05) is 10.5 Å². The predicted octanol–water partition coefficient (Wildman–Crippen LogP) is 5.50. The molecule has 0 saturated heterocycles. The van der Waals surface area contributed by atoms with Gasteiger partial charge >= 0.3 is 0 Å². The van der Waals surface area contributed by atoms with Crippen LogP contribution in [0, 0.1) is 0 Å². The number of nitrogens with two attached hydrogens (primary N) is 1. The van der Waals surface area contributed by atoms with Crippen LogP contribution in [-0.2, 0) is 6.42 Å². The van der Waals surface area contributed by atoms with Crippen molar-refractivity contribution in [3.05, 3.63) is 81.3 Å². The second-order valence-corrected chi connectivity index (χ2v) is 6.38. The summed E-state index contributed by atoms with van der Waals surface area (Å²) in [5.41, 5.74) is 8.68. The quantitative estimate of drug-likeness (QED) is 0.656. The zero-order valence-corrected chi connectivity index (χ0v) is 13.7. The summed E-state index contributed by atoms with van der Waals surface area (Å²) in [6, 6.07) is 20.6. The van der Waals surface area contributed by atoms with Crippen molar-refractivity contribution >= 4 is 38.3 Å². The fourth-order valence-corrected chi connectivity index (χ4v) is 3.00. The van der Waals surface area contributed by atoms with Crippen LogP contribution in [-0.4, -0.2) is 0 Å². The number of rotatable bonds is 3. The molecule has 21 heavy (non-hydrogen) atoms. The van der Waals surface area contributed by atoms with Gasteiger partial charge in [0.15, 0.2) is 0 Å². The van der Waals surface area contributed by atoms with Crippen LogP contribution in [0.1, 0.15) is 17.2 Å². The average Bonchev–Trinajstić information content (AvgIpc) is 2.50. The summed E-state index contributed by atoms with van der Waals surface area (Å²) < 4.78 is 0.894. The smallest absolute Gasteiger partial charge is 0.0551 e. The normalized spacial score (nSPS) is 12.5. The Morgan fingerprint density at radius 1 is 1.00 bits per heavy atom. The molecule has 3 rings (SSSR count). The number of halogens is 2. The van der Waals surface area contributed by atoms with Crippen LogP contribution in [0.3, 0.4) is 0 Å². The first-order valence-electron chi connectivity index (χ1n) is 6.82. The molecule has 1 atom stereocenters. The highest BCUT2D eigenvalue weighted by atomic mass is 79.9. The molecule has 0 radical (unpaired) electrons. The summed E-state index contributed by atoms with van der Waals surface area (Å²) in [6.07, 6.45) is 0.791. The Kier molecular flexibility index (Phi) is 4.29. The lowest BCUT2D eigenvalue weighted by atomic mass is 9.95. The first-order valence-corrected chi connectivity index (χ1v) is 7.99. The minimum Gasteiger partial charge on any atom is -0.324 e. The van der Waals surface area contributed by atoms with E-state index in [1.165, 1.54) is 16.3 Å². The molecule has 1 unspecified atom stereocenters. The largest absolute Gasteiger partial charge is 0.324 e. The van der Waals surface area contributed by atoms with Crippen molar-refractivity contribution in [2.24, 2.45) is 5.73 Å². The summed E-state index contributed by atoms with van der Waals surface area (Å²) in [5, 5.41) is 3.20. The van der Waals surface area contributed by atoms with E-state index in [0.717, 1.165) is 16.5 Å². The molecule has 0 amide bonds.